The maximum Gasteiger partial charge on any atom is 0.213 e. The number of hydrogen-bond acceptors (Lipinski definition) is 5. The van der Waals surface area contributed by atoms with Gasteiger partial charge in [0.05, 0.1) is 19.9 Å². The Morgan fingerprint density at radius 2 is 1.95 bits per heavy atom. The van der Waals surface area contributed by atoms with Gasteiger partial charge in [-0.25, -0.2) is 4.98 Å². The standard InChI is InChI=1S/C15H15NO4/c1-18-14-8-11(9-17)6-7-13(14)20-10-12-4-3-5-15(16-12)19-2/h3-9H,10H2,1-2H3. The lowest BCUT2D eigenvalue weighted by atomic mass is 10.2. The monoisotopic (exact) mass is 273 g/mol. The number of methoxy groups -OCH3 is 2. The lowest BCUT2D eigenvalue weighted by molar-refractivity contribution is 0.112. The molecule has 0 amide bonds. The number of rotatable bonds is 6. The van der Waals surface area contributed by atoms with Gasteiger partial charge in [0.2, 0.25) is 5.88 Å². The first-order chi connectivity index (χ1) is 9.76. The zero-order valence-corrected chi connectivity index (χ0v) is 11.3. The third-order valence-corrected chi connectivity index (χ3v) is 2.69. The first kappa shape index (κ1) is 13.9. The number of pyridine rings is 1. The second-order valence-electron chi connectivity index (χ2n) is 3.99. The van der Waals surface area contributed by atoms with Crippen molar-refractivity contribution < 1.29 is 19.0 Å². The zero-order valence-electron chi connectivity index (χ0n) is 11.3. The molecule has 0 N–H and O–H groups in total. The lowest BCUT2D eigenvalue weighted by Gasteiger charge is -2.11. The predicted molar refractivity (Wildman–Crippen MR) is 73.5 cm³/mol. The van der Waals surface area contributed by atoms with Crippen LogP contribution in [0.4, 0.5) is 0 Å². The van der Waals surface area contributed by atoms with E-state index < -0.39 is 0 Å². The molecule has 0 saturated carbocycles. The Morgan fingerprint density at radius 3 is 2.65 bits per heavy atom. The Balaban J connectivity index is 2.11. The molecule has 0 saturated heterocycles. The van der Waals surface area contributed by atoms with E-state index in [1.807, 2.05) is 12.1 Å². The summed E-state index contributed by atoms with van der Waals surface area (Å²) in [6, 6.07) is 10.4. The van der Waals surface area contributed by atoms with Crippen LogP contribution in [0.1, 0.15) is 16.1 Å². The molecule has 2 rings (SSSR count). The van der Waals surface area contributed by atoms with Crippen LogP contribution in [0.3, 0.4) is 0 Å². The molecule has 0 aliphatic heterocycles. The fourth-order valence-corrected chi connectivity index (χ4v) is 1.68. The smallest absolute Gasteiger partial charge is 0.213 e. The Kier molecular flexibility index (Phi) is 4.55. The summed E-state index contributed by atoms with van der Waals surface area (Å²) in [6.07, 6.45) is 0.760. The van der Waals surface area contributed by atoms with Gasteiger partial charge in [-0.1, -0.05) is 6.07 Å². The Labute approximate surface area is 117 Å². The van der Waals surface area contributed by atoms with Gasteiger partial charge in [-0.2, -0.15) is 0 Å². The van der Waals surface area contributed by atoms with E-state index >= 15 is 0 Å². The minimum absolute atomic E-state index is 0.286. The molecule has 0 atom stereocenters. The molecule has 0 radical (unpaired) electrons. The fraction of sp³-hybridized carbons (Fsp3) is 0.200. The molecule has 0 aliphatic carbocycles. The number of ether oxygens (including phenoxy) is 3. The normalized spacial score (nSPS) is 9.90. The molecule has 0 aliphatic rings. The summed E-state index contributed by atoms with van der Waals surface area (Å²) in [7, 11) is 3.09. The second-order valence-corrected chi connectivity index (χ2v) is 3.99. The Morgan fingerprint density at radius 1 is 1.10 bits per heavy atom. The van der Waals surface area contributed by atoms with Gasteiger partial charge in [0.1, 0.15) is 12.9 Å². The lowest BCUT2D eigenvalue weighted by Crippen LogP contribution is -2.01. The molecule has 1 aromatic carbocycles. The number of aldehydes is 1. The molecule has 5 heteroatoms. The van der Waals surface area contributed by atoms with E-state index in [9.17, 15) is 4.79 Å². The topological polar surface area (TPSA) is 57.7 Å². The highest BCUT2D eigenvalue weighted by molar-refractivity contribution is 5.76. The van der Waals surface area contributed by atoms with Crippen molar-refractivity contribution in [3.8, 4) is 17.4 Å². The van der Waals surface area contributed by atoms with Crippen molar-refractivity contribution in [3.05, 3.63) is 47.7 Å². The molecule has 1 heterocycles. The average Bonchev–Trinajstić information content (AvgIpc) is 2.52. The van der Waals surface area contributed by atoms with Crippen molar-refractivity contribution in [2.75, 3.05) is 14.2 Å². The third kappa shape index (κ3) is 3.26. The van der Waals surface area contributed by atoms with Crippen LogP contribution in [0, 0.1) is 0 Å². The maximum absolute atomic E-state index is 10.7. The van der Waals surface area contributed by atoms with Crippen LogP contribution in [-0.4, -0.2) is 25.5 Å². The van der Waals surface area contributed by atoms with Crippen LogP contribution in [0.2, 0.25) is 0 Å². The van der Waals surface area contributed by atoms with Crippen molar-refractivity contribution in [1.82, 2.24) is 4.98 Å². The highest BCUT2D eigenvalue weighted by Gasteiger charge is 2.06. The van der Waals surface area contributed by atoms with Gasteiger partial charge in [0.15, 0.2) is 11.5 Å². The summed E-state index contributed by atoms with van der Waals surface area (Å²) in [5.41, 5.74) is 1.28. The van der Waals surface area contributed by atoms with Gasteiger partial charge >= 0.3 is 0 Å². The van der Waals surface area contributed by atoms with Crippen molar-refractivity contribution in [3.63, 3.8) is 0 Å². The maximum atomic E-state index is 10.7. The summed E-state index contributed by atoms with van der Waals surface area (Å²) in [6.45, 7) is 0.286. The average molecular weight is 273 g/mol. The van der Waals surface area contributed by atoms with Crippen molar-refractivity contribution in [2.45, 2.75) is 6.61 Å². The number of hydrogen-bond donors (Lipinski definition) is 0. The molecule has 20 heavy (non-hydrogen) atoms. The first-order valence-electron chi connectivity index (χ1n) is 6.02. The molecule has 0 fully saturated rings. The van der Waals surface area contributed by atoms with Gasteiger partial charge in [0, 0.05) is 11.6 Å². The number of carbonyl (C=O) groups excluding carboxylic acids is 1. The molecule has 0 unspecified atom stereocenters. The Hall–Kier alpha value is -2.56. The summed E-state index contributed by atoms with van der Waals surface area (Å²) in [4.78, 5) is 15.0. The van der Waals surface area contributed by atoms with Crippen LogP contribution in [0.15, 0.2) is 36.4 Å². The van der Waals surface area contributed by atoms with E-state index in [4.69, 9.17) is 14.2 Å². The van der Waals surface area contributed by atoms with Gasteiger partial charge in [0.25, 0.3) is 0 Å². The largest absolute Gasteiger partial charge is 0.493 e. The van der Waals surface area contributed by atoms with Crippen LogP contribution in [0.25, 0.3) is 0 Å². The SMILES string of the molecule is COc1cccc(COc2ccc(C=O)cc2OC)n1. The van der Waals surface area contributed by atoms with E-state index in [2.05, 4.69) is 4.98 Å². The Bertz CT molecular complexity index is 598. The molecule has 2 aromatic rings. The fourth-order valence-electron chi connectivity index (χ4n) is 1.68. The molecular formula is C15H15NO4. The van der Waals surface area contributed by atoms with E-state index in [0.717, 1.165) is 12.0 Å². The number of nitrogens with zero attached hydrogens (tertiary/aromatic N) is 1. The summed E-state index contributed by atoms with van der Waals surface area (Å²) in [5, 5.41) is 0. The molecule has 104 valence electrons. The minimum atomic E-state index is 0.286. The van der Waals surface area contributed by atoms with E-state index in [-0.39, 0.29) is 6.61 Å². The third-order valence-electron chi connectivity index (χ3n) is 2.69. The predicted octanol–water partition coefficient (Wildman–Crippen LogP) is 2.49. The van der Waals surface area contributed by atoms with Gasteiger partial charge in [-0.05, 0) is 24.3 Å². The van der Waals surface area contributed by atoms with Crippen LogP contribution in [-0.2, 0) is 6.61 Å². The van der Waals surface area contributed by atoms with Gasteiger partial charge in [-0.15, -0.1) is 0 Å². The molecule has 0 bridgehead atoms. The van der Waals surface area contributed by atoms with Crippen molar-refractivity contribution >= 4 is 6.29 Å². The highest BCUT2D eigenvalue weighted by atomic mass is 16.5. The van der Waals surface area contributed by atoms with Crippen molar-refractivity contribution in [2.24, 2.45) is 0 Å². The second kappa shape index (κ2) is 6.56. The zero-order chi connectivity index (χ0) is 14.4. The number of carbonyl (C=O) groups is 1. The quantitative estimate of drug-likeness (QED) is 0.757. The minimum Gasteiger partial charge on any atom is -0.493 e. The number of benzene rings is 1. The highest BCUT2D eigenvalue weighted by Crippen LogP contribution is 2.28. The van der Waals surface area contributed by atoms with E-state index in [1.54, 1.807) is 31.4 Å². The summed E-state index contributed by atoms with van der Waals surface area (Å²) >= 11 is 0. The van der Waals surface area contributed by atoms with E-state index in [0.29, 0.717) is 22.9 Å². The van der Waals surface area contributed by atoms with Crippen LogP contribution >= 0.6 is 0 Å². The molecule has 0 spiro atoms. The summed E-state index contributed by atoms with van der Waals surface area (Å²) in [5.74, 6) is 1.61. The van der Waals surface area contributed by atoms with Gasteiger partial charge in [-0.3, -0.25) is 4.79 Å². The first-order valence-corrected chi connectivity index (χ1v) is 6.02. The van der Waals surface area contributed by atoms with E-state index in [1.165, 1.54) is 7.11 Å². The van der Waals surface area contributed by atoms with Crippen molar-refractivity contribution in [1.29, 1.82) is 0 Å². The molecule has 1 aromatic heterocycles. The van der Waals surface area contributed by atoms with Crippen LogP contribution < -0.4 is 14.2 Å². The molecular weight excluding hydrogens is 258 g/mol. The van der Waals surface area contributed by atoms with Crippen LogP contribution in [0.5, 0.6) is 17.4 Å². The summed E-state index contributed by atoms with van der Waals surface area (Å²) < 4.78 is 15.9. The number of aromatic nitrogens is 1. The molecule has 5 nitrogen and oxygen atoms in total. The van der Waals surface area contributed by atoms with Gasteiger partial charge < -0.3 is 14.2 Å².